The molecule has 0 aromatic carbocycles. The van der Waals surface area contributed by atoms with Gasteiger partial charge in [-0.3, -0.25) is 4.79 Å². The van der Waals surface area contributed by atoms with Gasteiger partial charge in [-0.15, -0.1) is 0 Å². The van der Waals surface area contributed by atoms with Crippen molar-refractivity contribution in [3.63, 3.8) is 0 Å². The summed E-state index contributed by atoms with van der Waals surface area (Å²) in [4.78, 5) is 16.4. The maximum absolute atomic E-state index is 12.1. The first-order chi connectivity index (χ1) is 9.43. The highest BCUT2D eigenvalue weighted by molar-refractivity contribution is 7.91. The van der Waals surface area contributed by atoms with Crippen LogP contribution in [-0.4, -0.2) is 41.3 Å². The smallest absolute Gasteiger partial charge is 0.253 e. The normalized spacial score (nSPS) is 21.1. The van der Waals surface area contributed by atoms with Gasteiger partial charge >= 0.3 is 0 Å². The molecule has 1 atom stereocenters. The minimum Gasteiger partial charge on any atom is -0.348 e. The van der Waals surface area contributed by atoms with Crippen molar-refractivity contribution in [2.75, 3.05) is 11.5 Å². The Hall–Kier alpha value is -1.89. The Balaban J connectivity index is 1.78. The Morgan fingerprint density at radius 2 is 2.20 bits per heavy atom. The topological polar surface area (TPSA) is 80.5 Å². The number of pyridine rings is 1. The van der Waals surface area contributed by atoms with E-state index < -0.39 is 9.84 Å². The lowest BCUT2D eigenvalue weighted by atomic mass is 10.2. The Morgan fingerprint density at radius 3 is 2.90 bits per heavy atom. The van der Waals surface area contributed by atoms with E-state index in [9.17, 15) is 13.2 Å². The number of nitrogens with one attached hydrogen (secondary N) is 1. The van der Waals surface area contributed by atoms with Crippen LogP contribution < -0.4 is 5.32 Å². The number of amides is 1. The van der Waals surface area contributed by atoms with E-state index in [2.05, 4.69) is 10.3 Å². The van der Waals surface area contributed by atoms with Gasteiger partial charge in [-0.05, 0) is 25.5 Å². The highest BCUT2D eigenvalue weighted by atomic mass is 32.2. The average Bonchev–Trinajstić information content (AvgIpc) is 2.89. The molecule has 6 nitrogen and oxygen atoms in total. The lowest BCUT2D eigenvalue weighted by Gasteiger charge is -2.10. The molecule has 0 radical (unpaired) electrons. The van der Waals surface area contributed by atoms with Gasteiger partial charge in [0.2, 0.25) is 0 Å². The summed E-state index contributed by atoms with van der Waals surface area (Å²) >= 11 is 0. The number of carbonyl (C=O) groups excluding carboxylic acids is 1. The number of nitrogens with zero attached hydrogens (tertiary/aromatic N) is 2. The van der Waals surface area contributed by atoms with E-state index in [1.165, 1.54) is 0 Å². The van der Waals surface area contributed by atoms with E-state index in [1.54, 1.807) is 22.7 Å². The average molecular weight is 293 g/mol. The van der Waals surface area contributed by atoms with Crippen LogP contribution in [0.3, 0.4) is 0 Å². The Kier molecular flexibility index (Phi) is 3.01. The summed E-state index contributed by atoms with van der Waals surface area (Å²) < 4.78 is 24.5. The molecule has 1 aliphatic heterocycles. The fraction of sp³-hybridized carbons (Fsp3) is 0.385. The summed E-state index contributed by atoms with van der Waals surface area (Å²) in [5.41, 5.74) is 2.16. The lowest BCUT2D eigenvalue weighted by Crippen LogP contribution is -2.35. The predicted molar refractivity (Wildman–Crippen MR) is 74.5 cm³/mol. The van der Waals surface area contributed by atoms with Gasteiger partial charge in [-0.25, -0.2) is 13.4 Å². The molecular formula is C13H15N3O3S. The van der Waals surface area contributed by atoms with Gasteiger partial charge in [-0.2, -0.15) is 0 Å². The summed E-state index contributed by atoms with van der Waals surface area (Å²) in [7, 11) is -2.98. The zero-order valence-electron chi connectivity index (χ0n) is 11.0. The van der Waals surface area contributed by atoms with Crippen LogP contribution in [-0.2, 0) is 9.84 Å². The maximum Gasteiger partial charge on any atom is 0.253 e. The fourth-order valence-corrected chi connectivity index (χ4v) is 4.10. The Labute approximate surface area is 116 Å². The highest BCUT2D eigenvalue weighted by Crippen LogP contribution is 2.13. The van der Waals surface area contributed by atoms with Crippen molar-refractivity contribution in [2.45, 2.75) is 19.4 Å². The van der Waals surface area contributed by atoms with E-state index in [1.807, 2.05) is 13.1 Å². The first-order valence-electron chi connectivity index (χ1n) is 6.40. The minimum absolute atomic E-state index is 0.0329. The number of aromatic nitrogens is 2. The van der Waals surface area contributed by atoms with Crippen LogP contribution in [0.4, 0.5) is 0 Å². The quantitative estimate of drug-likeness (QED) is 0.877. The van der Waals surface area contributed by atoms with Crippen LogP contribution in [0, 0.1) is 6.92 Å². The molecule has 0 bridgehead atoms. The zero-order chi connectivity index (χ0) is 14.3. The molecule has 1 N–H and O–H groups in total. The second kappa shape index (κ2) is 4.59. The summed E-state index contributed by atoms with van der Waals surface area (Å²) in [6.45, 7) is 1.89. The number of rotatable bonds is 2. The van der Waals surface area contributed by atoms with Crippen molar-refractivity contribution in [2.24, 2.45) is 0 Å². The van der Waals surface area contributed by atoms with E-state index in [-0.39, 0.29) is 23.5 Å². The van der Waals surface area contributed by atoms with Crippen molar-refractivity contribution in [1.29, 1.82) is 0 Å². The third kappa shape index (κ3) is 2.53. The van der Waals surface area contributed by atoms with Crippen LogP contribution in [0.1, 0.15) is 22.5 Å². The first-order valence-corrected chi connectivity index (χ1v) is 8.22. The Bertz CT molecular complexity index is 779. The SMILES string of the molecule is Cc1cn2cc(C(=O)NC3CCS(=O)(=O)C3)ccc2n1. The molecule has 0 saturated carbocycles. The first kappa shape index (κ1) is 13.1. The van der Waals surface area contributed by atoms with E-state index in [0.717, 1.165) is 11.3 Å². The van der Waals surface area contributed by atoms with Crippen LogP contribution in [0.25, 0.3) is 5.65 Å². The molecule has 3 rings (SSSR count). The fourth-order valence-electron chi connectivity index (χ4n) is 2.43. The predicted octanol–water partition coefficient (Wildman–Crippen LogP) is 0.560. The number of fused-ring (bicyclic) bond motifs is 1. The van der Waals surface area contributed by atoms with Crippen LogP contribution in [0.2, 0.25) is 0 Å². The van der Waals surface area contributed by atoms with Crippen molar-refractivity contribution < 1.29 is 13.2 Å². The molecule has 20 heavy (non-hydrogen) atoms. The van der Waals surface area contributed by atoms with E-state index in [0.29, 0.717) is 12.0 Å². The third-order valence-corrected chi connectivity index (χ3v) is 5.17. The summed E-state index contributed by atoms with van der Waals surface area (Å²) in [6.07, 6.45) is 4.03. The molecule has 1 unspecified atom stereocenters. The summed E-state index contributed by atoms with van der Waals surface area (Å²) in [5, 5.41) is 2.77. The Morgan fingerprint density at radius 1 is 1.40 bits per heavy atom. The number of hydrogen-bond donors (Lipinski definition) is 1. The third-order valence-electron chi connectivity index (χ3n) is 3.40. The van der Waals surface area contributed by atoms with E-state index in [4.69, 9.17) is 0 Å². The summed E-state index contributed by atoms with van der Waals surface area (Å²) in [6, 6.07) is 3.18. The molecule has 3 heterocycles. The van der Waals surface area contributed by atoms with Gasteiger partial charge in [0.15, 0.2) is 9.84 Å². The molecule has 0 spiro atoms. The van der Waals surface area contributed by atoms with Gasteiger partial charge in [-0.1, -0.05) is 0 Å². The molecule has 2 aromatic heterocycles. The number of carbonyl (C=O) groups is 1. The van der Waals surface area contributed by atoms with Crippen molar-refractivity contribution in [3.8, 4) is 0 Å². The monoisotopic (exact) mass is 293 g/mol. The molecular weight excluding hydrogens is 278 g/mol. The number of imidazole rings is 1. The van der Waals surface area contributed by atoms with Crippen molar-refractivity contribution >= 4 is 21.4 Å². The molecule has 7 heteroatoms. The zero-order valence-corrected chi connectivity index (χ0v) is 11.9. The molecule has 2 aromatic rings. The number of hydrogen-bond acceptors (Lipinski definition) is 4. The standard InChI is InChI=1S/C13H15N3O3S/c1-9-6-16-7-10(2-3-12(16)14-9)13(17)15-11-4-5-20(18,19)8-11/h2-3,6-7,11H,4-5,8H2,1H3,(H,15,17). The molecule has 0 aliphatic carbocycles. The molecule has 106 valence electrons. The van der Waals surface area contributed by atoms with Gasteiger partial charge in [0.25, 0.3) is 5.91 Å². The summed E-state index contributed by atoms with van der Waals surface area (Å²) in [5.74, 6) is -0.0663. The van der Waals surface area contributed by atoms with Crippen LogP contribution >= 0.6 is 0 Å². The minimum atomic E-state index is -2.98. The van der Waals surface area contributed by atoms with Crippen LogP contribution in [0.5, 0.6) is 0 Å². The van der Waals surface area contributed by atoms with Gasteiger partial charge in [0.05, 0.1) is 22.8 Å². The number of aryl methyl sites for hydroxylation is 1. The molecule has 1 amide bonds. The van der Waals surface area contributed by atoms with Crippen molar-refractivity contribution in [1.82, 2.24) is 14.7 Å². The van der Waals surface area contributed by atoms with Crippen molar-refractivity contribution in [3.05, 3.63) is 35.8 Å². The molecule has 1 saturated heterocycles. The highest BCUT2D eigenvalue weighted by Gasteiger charge is 2.29. The second-order valence-corrected chi connectivity index (χ2v) is 7.37. The lowest BCUT2D eigenvalue weighted by molar-refractivity contribution is 0.0940. The van der Waals surface area contributed by atoms with E-state index >= 15 is 0 Å². The maximum atomic E-state index is 12.1. The van der Waals surface area contributed by atoms with Gasteiger partial charge < -0.3 is 9.72 Å². The van der Waals surface area contributed by atoms with Crippen LogP contribution in [0.15, 0.2) is 24.5 Å². The molecule has 1 fully saturated rings. The number of sulfone groups is 1. The van der Waals surface area contributed by atoms with Gasteiger partial charge in [0.1, 0.15) is 5.65 Å². The largest absolute Gasteiger partial charge is 0.348 e. The second-order valence-electron chi connectivity index (χ2n) is 5.14. The molecule has 1 aliphatic rings. The van der Waals surface area contributed by atoms with Gasteiger partial charge in [0, 0.05) is 18.4 Å².